The van der Waals surface area contributed by atoms with E-state index in [4.69, 9.17) is 10.2 Å². The first kappa shape index (κ1) is 12.8. The molecule has 19 heavy (non-hydrogen) atoms. The zero-order valence-corrected chi connectivity index (χ0v) is 9.79. The summed E-state index contributed by atoms with van der Waals surface area (Å²) >= 11 is 0. The van der Waals surface area contributed by atoms with Crippen LogP contribution in [0.25, 0.3) is 5.57 Å². The molecule has 5 heteroatoms. The largest absolute Gasteiger partial charge is 0.478 e. The van der Waals surface area contributed by atoms with E-state index in [2.05, 4.69) is 0 Å². The second-order valence-electron chi connectivity index (χ2n) is 4.03. The minimum atomic E-state index is -1.11. The van der Waals surface area contributed by atoms with Crippen molar-refractivity contribution in [1.82, 2.24) is 0 Å². The van der Waals surface area contributed by atoms with Crippen molar-refractivity contribution in [2.24, 2.45) is 0 Å². The normalized spacial score (nSPS) is 14.6. The molecule has 0 aliphatic heterocycles. The van der Waals surface area contributed by atoms with Gasteiger partial charge in [-0.3, -0.25) is 4.79 Å². The number of rotatable bonds is 3. The van der Waals surface area contributed by atoms with E-state index in [9.17, 15) is 14.4 Å². The van der Waals surface area contributed by atoms with Gasteiger partial charge in [0.05, 0.1) is 11.1 Å². The van der Waals surface area contributed by atoms with Crippen molar-refractivity contribution in [1.29, 1.82) is 0 Å². The molecule has 0 fully saturated rings. The maximum Gasteiger partial charge on any atom is 0.336 e. The fourth-order valence-electron chi connectivity index (χ4n) is 1.84. The van der Waals surface area contributed by atoms with Crippen LogP contribution in [0.1, 0.15) is 22.3 Å². The van der Waals surface area contributed by atoms with Crippen LogP contribution < -0.4 is 0 Å². The van der Waals surface area contributed by atoms with E-state index in [-0.39, 0.29) is 23.3 Å². The second-order valence-corrected chi connectivity index (χ2v) is 4.03. The SMILES string of the molecule is O=C1C=C(c2ccc(C(=O)O)cc2)C(C(=O)O)=CC1. The van der Waals surface area contributed by atoms with Crippen molar-refractivity contribution >= 4 is 23.3 Å². The average molecular weight is 258 g/mol. The molecule has 0 bridgehead atoms. The van der Waals surface area contributed by atoms with E-state index < -0.39 is 11.9 Å². The number of carboxylic acid groups (broad SMARTS) is 2. The lowest BCUT2D eigenvalue weighted by atomic mass is 9.91. The number of carboxylic acids is 2. The number of hydrogen-bond donors (Lipinski definition) is 2. The van der Waals surface area contributed by atoms with Gasteiger partial charge < -0.3 is 10.2 Å². The van der Waals surface area contributed by atoms with Crippen LogP contribution in [0.5, 0.6) is 0 Å². The Hall–Kier alpha value is -2.69. The Morgan fingerprint density at radius 3 is 2.16 bits per heavy atom. The molecule has 2 rings (SSSR count). The van der Waals surface area contributed by atoms with Gasteiger partial charge in [-0.25, -0.2) is 9.59 Å². The molecule has 0 radical (unpaired) electrons. The lowest BCUT2D eigenvalue weighted by Crippen LogP contribution is -2.10. The number of carbonyl (C=O) groups excluding carboxylic acids is 1. The second kappa shape index (κ2) is 4.89. The number of carbonyl (C=O) groups is 3. The lowest BCUT2D eigenvalue weighted by molar-refractivity contribution is -0.132. The Bertz CT molecular complexity index is 620. The third-order valence-corrected chi connectivity index (χ3v) is 2.78. The molecule has 0 amide bonds. The summed E-state index contributed by atoms with van der Waals surface area (Å²) in [6, 6.07) is 5.73. The van der Waals surface area contributed by atoms with Gasteiger partial charge in [0.1, 0.15) is 0 Å². The highest BCUT2D eigenvalue weighted by atomic mass is 16.4. The molecule has 1 aliphatic carbocycles. The summed E-state index contributed by atoms with van der Waals surface area (Å²) in [5.41, 5.74) is 0.974. The molecule has 1 aromatic carbocycles. The number of benzene rings is 1. The van der Waals surface area contributed by atoms with Crippen LogP contribution in [-0.4, -0.2) is 27.9 Å². The summed E-state index contributed by atoms with van der Waals surface area (Å²) in [7, 11) is 0. The fourth-order valence-corrected chi connectivity index (χ4v) is 1.84. The van der Waals surface area contributed by atoms with Crippen molar-refractivity contribution in [3.8, 4) is 0 Å². The molecular formula is C14H10O5. The van der Waals surface area contributed by atoms with E-state index in [1.807, 2.05) is 0 Å². The topological polar surface area (TPSA) is 91.7 Å². The van der Waals surface area contributed by atoms with E-state index >= 15 is 0 Å². The third kappa shape index (κ3) is 2.60. The van der Waals surface area contributed by atoms with Crippen LogP contribution >= 0.6 is 0 Å². The van der Waals surface area contributed by atoms with Crippen LogP contribution in [0.3, 0.4) is 0 Å². The molecule has 1 aliphatic rings. The molecular weight excluding hydrogens is 248 g/mol. The minimum absolute atomic E-state index is 0.0580. The van der Waals surface area contributed by atoms with Crippen molar-refractivity contribution in [2.45, 2.75) is 6.42 Å². The van der Waals surface area contributed by atoms with Gasteiger partial charge in [-0.2, -0.15) is 0 Å². The summed E-state index contributed by atoms with van der Waals surface area (Å²) in [6.45, 7) is 0. The molecule has 0 unspecified atom stereocenters. The molecule has 5 nitrogen and oxygen atoms in total. The average Bonchev–Trinajstić information content (AvgIpc) is 2.38. The zero-order chi connectivity index (χ0) is 14.0. The molecule has 0 saturated carbocycles. The summed E-state index contributed by atoms with van der Waals surface area (Å²) in [5.74, 6) is -2.35. The molecule has 0 heterocycles. The van der Waals surface area contributed by atoms with Gasteiger partial charge in [0, 0.05) is 6.42 Å². The van der Waals surface area contributed by atoms with Crippen LogP contribution in [0.4, 0.5) is 0 Å². The first-order chi connectivity index (χ1) is 8.99. The molecule has 0 saturated heterocycles. The Morgan fingerprint density at radius 2 is 1.63 bits per heavy atom. The number of ketones is 1. The van der Waals surface area contributed by atoms with Crippen LogP contribution in [0, 0.1) is 0 Å². The van der Waals surface area contributed by atoms with E-state index in [1.54, 1.807) is 0 Å². The number of allylic oxidation sites excluding steroid dienone is 2. The van der Waals surface area contributed by atoms with Gasteiger partial charge in [-0.1, -0.05) is 18.2 Å². The Balaban J connectivity index is 2.43. The number of aliphatic carboxylic acids is 1. The molecule has 0 atom stereocenters. The standard InChI is InChI=1S/C14H10O5/c15-10-5-6-11(14(18)19)12(7-10)8-1-3-9(4-2-8)13(16)17/h1-4,6-7H,5H2,(H,16,17)(H,18,19). The number of hydrogen-bond acceptors (Lipinski definition) is 3. The Labute approximate surface area is 108 Å². The molecule has 1 aromatic rings. The fraction of sp³-hybridized carbons (Fsp3) is 0.0714. The monoisotopic (exact) mass is 258 g/mol. The zero-order valence-electron chi connectivity index (χ0n) is 9.79. The van der Waals surface area contributed by atoms with Gasteiger partial charge in [0.15, 0.2) is 5.78 Å². The summed E-state index contributed by atoms with van der Waals surface area (Å²) < 4.78 is 0. The van der Waals surface area contributed by atoms with Crippen molar-refractivity contribution < 1.29 is 24.6 Å². The predicted molar refractivity (Wildman–Crippen MR) is 66.7 cm³/mol. The van der Waals surface area contributed by atoms with E-state index in [0.717, 1.165) is 0 Å². The van der Waals surface area contributed by atoms with Gasteiger partial charge in [-0.15, -0.1) is 0 Å². The predicted octanol–water partition coefficient (Wildman–Crippen LogP) is 1.75. The lowest BCUT2D eigenvalue weighted by Gasteiger charge is -2.12. The van der Waals surface area contributed by atoms with E-state index in [0.29, 0.717) is 11.1 Å². The highest BCUT2D eigenvalue weighted by molar-refractivity contribution is 6.14. The van der Waals surface area contributed by atoms with Crippen LogP contribution in [0.2, 0.25) is 0 Å². The van der Waals surface area contributed by atoms with Crippen molar-refractivity contribution in [3.05, 3.63) is 53.1 Å². The highest BCUT2D eigenvalue weighted by Crippen LogP contribution is 2.27. The maximum atomic E-state index is 11.4. The van der Waals surface area contributed by atoms with Gasteiger partial charge in [-0.05, 0) is 29.3 Å². The summed E-state index contributed by atoms with van der Waals surface area (Å²) in [4.78, 5) is 33.2. The van der Waals surface area contributed by atoms with Gasteiger partial charge in [0.25, 0.3) is 0 Å². The van der Waals surface area contributed by atoms with E-state index in [1.165, 1.54) is 36.4 Å². The first-order valence-corrected chi connectivity index (χ1v) is 5.51. The summed E-state index contributed by atoms with van der Waals surface area (Å²) in [6.07, 6.45) is 2.71. The van der Waals surface area contributed by atoms with Gasteiger partial charge >= 0.3 is 11.9 Å². The first-order valence-electron chi connectivity index (χ1n) is 5.51. The van der Waals surface area contributed by atoms with Crippen molar-refractivity contribution in [2.75, 3.05) is 0 Å². The summed E-state index contributed by atoms with van der Waals surface area (Å²) in [5, 5.41) is 17.9. The highest BCUT2D eigenvalue weighted by Gasteiger charge is 2.20. The minimum Gasteiger partial charge on any atom is -0.478 e. The smallest absolute Gasteiger partial charge is 0.336 e. The molecule has 96 valence electrons. The molecule has 0 spiro atoms. The van der Waals surface area contributed by atoms with Crippen molar-refractivity contribution in [3.63, 3.8) is 0 Å². The van der Waals surface area contributed by atoms with Crippen LogP contribution in [0.15, 0.2) is 42.0 Å². The Kier molecular flexibility index (Phi) is 3.29. The van der Waals surface area contributed by atoms with Crippen LogP contribution in [-0.2, 0) is 9.59 Å². The molecule has 0 aromatic heterocycles. The molecule has 2 N–H and O–H groups in total. The third-order valence-electron chi connectivity index (χ3n) is 2.78. The Morgan fingerprint density at radius 1 is 1.00 bits per heavy atom. The maximum absolute atomic E-state index is 11.4. The quantitative estimate of drug-likeness (QED) is 0.861. The number of aromatic carboxylic acids is 1. The van der Waals surface area contributed by atoms with Gasteiger partial charge in [0.2, 0.25) is 0 Å².